The molecule has 0 amide bonds. The monoisotopic (exact) mass is 376 g/mol. The lowest BCUT2D eigenvalue weighted by Gasteiger charge is -2.37. The van der Waals surface area contributed by atoms with Gasteiger partial charge < -0.3 is 16.6 Å². The van der Waals surface area contributed by atoms with Crippen LogP contribution in [0.5, 0.6) is 0 Å². The molecule has 5 N–H and O–H groups in total. The number of hydrogen-bond acceptors (Lipinski definition) is 3. The molecule has 1 saturated carbocycles. The standard InChI is InChI=1S/C13H18Br2N2O/c14-10-6-8(12(16)11(15)7-10)5-9-3-1-2-4-13(9,17)18/h6-7,9,18H,1-5,16-17H2. The Kier molecular flexibility index (Phi) is 4.36. The van der Waals surface area contributed by atoms with E-state index in [4.69, 9.17) is 11.5 Å². The van der Waals surface area contributed by atoms with Gasteiger partial charge in [0, 0.05) is 20.6 Å². The molecule has 0 aliphatic heterocycles. The number of rotatable bonds is 2. The summed E-state index contributed by atoms with van der Waals surface area (Å²) in [5.41, 5.74) is 12.8. The van der Waals surface area contributed by atoms with Crippen molar-refractivity contribution in [2.45, 2.75) is 37.8 Å². The molecule has 2 unspecified atom stereocenters. The van der Waals surface area contributed by atoms with E-state index in [-0.39, 0.29) is 5.92 Å². The van der Waals surface area contributed by atoms with Crippen LogP contribution in [0.2, 0.25) is 0 Å². The van der Waals surface area contributed by atoms with Gasteiger partial charge in [-0.1, -0.05) is 22.4 Å². The molecule has 0 bridgehead atoms. The molecule has 0 aromatic heterocycles. The molecule has 0 spiro atoms. The average molecular weight is 378 g/mol. The Bertz CT molecular complexity index is 449. The van der Waals surface area contributed by atoms with Gasteiger partial charge in [-0.3, -0.25) is 0 Å². The summed E-state index contributed by atoms with van der Waals surface area (Å²) in [4.78, 5) is 0. The van der Waals surface area contributed by atoms with E-state index < -0.39 is 5.72 Å². The van der Waals surface area contributed by atoms with Gasteiger partial charge in [0.15, 0.2) is 0 Å². The number of halogens is 2. The molecule has 0 heterocycles. The zero-order valence-corrected chi connectivity index (χ0v) is 13.3. The van der Waals surface area contributed by atoms with Crippen molar-refractivity contribution in [1.82, 2.24) is 0 Å². The van der Waals surface area contributed by atoms with Gasteiger partial charge in [0.25, 0.3) is 0 Å². The Labute approximate surface area is 124 Å². The van der Waals surface area contributed by atoms with Crippen molar-refractivity contribution in [2.24, 2.45) is 11.7 Å². The maximum absolute atomic E-state index is 10.2. The summed E-state index contributed by atoms with van der Waals surface area (Å²) >= 11 is 6.90. The van der Waals surface area contributed by atoms with Crippen molar-refractivity contribution in [3.05, 3.63) is 26.6 Å². The second-order valence-corrected chi connectivity index (χ2v) is 6.87. The molecule has 2 rings (SSSR count). The Morgan fingerprint density at radius 2 is 2.06 bits per heavy atom. The van der Waals surface area contributed by atoms with E-state index in [0.717, 1.165) is 45.9 Å². The van der Waals surface area contributed by atoms with Crippen LogP contribution in [-0.4, -0.2) is 10.8 Å². The molecule has 1 aromatic rings. The topological polar surface area (TPSA) is 72.3 Å². The Morgan fingerprint density at radius 3 is 2.72 bits per heavy atom. The van der Waals surface area contributed by atoms with Gasteiger partial charge in [-0.15, -0.1) is 0 Å². The summed E-state index contributed by atoms with van der Waals surface area (Å²) in [6.45, 7) is 0. The largest absolute Gasteiger partial charge is 0.398 e. The fourth-order valence-electron chi connectivity index (χ4n) is 2.60. The third-order valence-corrected chi connectivity index (χ3v) is 4.85. The molecule has 1 aliphatic carbocycles. The van der Waals surface area contributed by atoms with Gasteiger partial charge in [0.1, 0.15) is 5.72 Å². The number of benzene rings is 1. The quantitative estimate of drug-likeness (QED) is 0.547. The highest BCUT2D eigenvalue weighted by atomic mass is 79.9. The van der Waals surface area contributed by atoms with Crippen LogP contribution in [-0.2, 0) is 6.42 Å². The van der Waals surface area contributed by atoms with Crippen LogP contribution in [0.3, 0.4) is 0 Å². The van der Waals surface area contributed by atoms with E-state index in [9.17, 15) is 5.11 Å². The highest BCUT2D eigenvalue weighted by Gasteiger charge is 2.35. The maximum atomic E-state index is 10.2. The van der Waals surface area contributed by atoms with Crippen molar-refractivity contribution in [1.29, 1.82) is 0 Å². The first-order valence-corrected chi connectivity index (χ1v) is 7.73. The predicted octanol–water partition coefficient (Wildman–Crippen LogP) is 3.17. The second kappa shape index (κ2) is 5.49. The normalized spacial score (nSPS) is 28.3. The Morgan fingerprint density at radius 1 is 1.33 bits per heavy atom. The SMILES string of the molecule is Nc1c(Br)cc(Br)cc1CC1CCCCC1(N)O. The minimum absolute atomic E-state index is 0.0785. The van der Waals surface area contributed by atoms with E-state index in [1.54, 1.807) is 0 Å². The van der Waals surface area contributed by atoms with E-state index in [0.29, 0.717) is 6.42 Å². The Balaban J connectivity index is 2.23. The van der Waals surface area contributed by atoms with Gasteiger partial charge >= 0.3 is 0 Å². The zero-order chi connectivity index (χ0) is 13.3. The van der Waals surface area contributed by atoms with Crippen molar-refractivity contribution in [3.63, 3.8) is 0 Å². The van der Waals surface area contributed by atoms with Crippen LogP contribution >= 0.6 is 31.9 Å². The molecule has 3 nitrogen and oxygen atoms in total. The van der Waals surface area contributed by atoms with Crippen LogP contribution in [0.1, 0.15) is 31.2 Å². The van der Waals surface area contributed by atoms with Crippen LogP contribution in [0.15, 0.2) is 21.1 Å². The molecule has 2 atom stereocenters. The fourth-order valence-corrected chi connectivity index (χ4v) is 3.92. The molecule has 1 fully saturated rings. The number of anilines is 1. The van der Waals surface area contributed by atoms with Gasteiger partial charge in [-0.25, -0.2) is 0 Å². The van der Waals surface area contributed by atoms with Gasteiger partial charge in [-0.05, 0) is 59.3 Å². The van der Waals surface area contributed by atoms with Gasteiger partial charge in [0.2, 0.25) is 0 Å². The molecule has 0 saturated heterocycles. The van der Waals surface area contributed by atoms with Crippen molar-refractivity contribution in [2.75, 3.05) is 5.73 Å². The lowest BCUT2D eigenvalue weighted by atomic mass is 9.78. The fraction of sp³-hybridized carbons (Fsp3) is 0.538. The first kappa shape index (κ1) is 14.3. The number of nitrogens with two attached hydrogens (primary N) is 2. The summed E-state index contributed by atoms with van der Waals surface area (Å²) in [5, 5.41) is 10.2. The van der Waals surface area contributed by atoms with Crippen LogP contribution in [0.4, 0.5) is 5.69 Å². The first-order chi connectivity index (χ1) is 8.40. The summed E-state index contributed by atoms with van der Waals surface area (Å²) in [6.07, 6.45) is 4.47. The molecule has 0 radical (unpaired) electrons. The smallest absolute Gasteiger partial charge is 0.116 e. The van der Waals surface area contributed by atoms with E-state index >= 15 is 0 Å². The highest BCUT2D eigenvalue weighted by Crippen LogP contribution is 2.36. The summed E-state index contributed by atoms with van der Waals surface area (Å²) in [7, 11) is 0. The van der Waals surface area contributed by atoms with Gasteiger partial charge in [0.05, 0.1) is 0 Å². The first-order valence-electron chi connectivity index (χ1n) is 6.15. The van der Waals surface area contributed by atoms with Gasteiger partial charge in [-0.2, -0.15) is 0 Å². The lowest BCUT2D eigenvalue weighted by Crippen LogP contribution is -2.49. The third kappa shape index (κ3) is 3.07. The van der Waals surface area contributed by atoms with Crippen molar-refractivity contribution in [3.8, 4) is 0 Å². The molecular formula is C13H18Br2N2O. The van der Waals surface area contributed by atoms with Crippen molar-refractivity contribution >= 4 is 37.5 Å². The lowest BCUT2D eigenvalue weighted by molar-refractivity contribution is -0.0425. The average Bonchev–Trinajstić information content (AvgIpc) is 2.27. The van der Waals surface area contributed by atoms with Crippen molar-refractivity contribution < 1.29 is 5.11 Å². The maximum Gasteiger partial charge on any atom is 0.116 e. The molecule has 5 heteroatoms. The molecular weight excluding hydrogens is 360 g/mol. The van der Waals surface area contributed by atoms with Crippen LogP contribution < -0.4 is 11.5 Å². The molecule has 1 aliphatic rings. The number of nitrogen functional groups attached to an aromatic ring is 1. The minimum Gasteiger partial charge on any atom is -0.398 e. The zero-order valence-electron chi connectivity index (χ0n) is 10.1. The minimum atomic E-state index is -1.06. The molecule has 1 aromatic carbocycles. The second-order valence-electron chi connectivity index (χ2n) is 5.10. The third-order valence-electron chi connectivity index (χ3n) is 3.73. The summed E-state index contributed by atoms with van der Waals surface area (Å²) in [5.74, 6) is 0.0785. The molecule has 100 valence electrons. The number of hydrogen-bond donors (Lipinski definition) is 3. The predicted molar refractivity (Wildman–Crippen MR) is 81.1 cm³/mol. The summed E-state index contributed by atoms with van der Waals surface area (Å²) in [6, 6.07) is 3.93. The molecule has 18 heavy (non-hydrogen) atoms. The van der Waals surface area contributed by atoms with Crippen LogP contribution in [0.25, 0.3) is 0 Å². The van der Waals surface area contributed by atoms with E-state index in [1.165, 1.54) is 0 Å². The highest BCUT2D eigenvalue weighted by molar-refractivity contribution is 9.11. The Hall–Kier alpha value is -0.100. The number of aliphatic hydroxyl groups is 1. The van der Waals surface area contributed by atoms with Crippen LogP contribution in [0, 0.1) is 5.92 Å². The van der Waals surface area contributed by atoms with E-state index in [2.05, 4.69) is 31.9 Å². The summed E-state index contributed by atoms with van der Waals surface area (Å²) < 4.78 is 1.86. The van der Waals surface area contributed by atoms with E-state index in [1.807, 2.05) is 12.1 Å².